The van der Waals surface area contributed by atoms with Crippen LogP contribution in [0.4, 0.5) is 11.4 Å². The third kappa shape index (κ3) is 6.61. The predicted octanol–water partition coefficient (Wildman–Crippen LogP) is 5.46. The Morgan fingerprint density at radius 1 is 0.711 bits per heavy atom. The predicted molar refractivity (Wildman–Crippen MR) is 145 cm³/mol. The molecule has 0 heterocycles. The third-order valence-electron chi connectivity index (χ3n) is 5.46. The topological polar surface area (TPSA) is 118 Å². The maximum Gasteiger partial charge on any atom is 0.311 e. The zero-order chi connectivity index (χ0) is 27.7. The summed E-state index contributed by atoms with van der Waals surface area (Å²) in [5, 5.41) is 14.0. The maximum atomic E-state index is 12.6. The second kappa shape index (κ2) is 12.8. The first kappa shape index (κ1) is 27.6. The van der Waals surface area contributed by atoms with Gasteiger partial charge in [0.25, 0.3) is 0 Å². The molecule has 0 saturated heterocycles. The molecule has 10 heteroatoms. The van der Waals surface area contributed by atoms with Crippen molar-refractivity contribution in [2.45, 2.75) is 0 Å². The van der Waals surface area contributed by atoms with Crippen LogP contribution in [0.1, 0.15) is 16.7 Å². The Balaban J connectivity index is 1.81. The van der Waals surface area contributed by atoms with Crippen LogP contribution in [0.5, 0.6) is 28.7 Å². The van der Waals surface area contributed by atoms with Crippen molar-refractivity contribution >= 4 is 35.5 Å². The molecule has 1 N–H and O–H groups in total. The number of nitro benzene ring substituents is 1. The number of carbonyl (C=O) groups is 1. The molecule has 3 rings (SSSR count). The summed E-state index contributed by atoms with van der Waals surface area (Å²) in [5.41, 5.74) is 2.35. The average Bonchev–Trinajstić information content (AvgIpc) is 2.94. The van der Waals surface area contributed by atoms with E-state index in [4.69, 9.17) is 23.7 Å². The summed E-state index contributed by atoms with van der Waals surface area (Å²) in [7, 11) is 7.50. The van der Waals surface area contributed by atoms with E-state index < -0.39 is 10.8 Å². The molecular weight excluding hydrogens is 492 g/mol. The molecule has 0 aromatic heterocycles. The fraction of sp³-hybridized carbons (Fsp3) is 0.179. The van der Waals surface area contributed by atoms with Crippen LogP contribution >= 0.6 is 0 Å². The molecular formula is C28H28N2O8. The molecule has 3 aromatic rings. The molecule has 1 amide bonds. The van der Waals surface area contributed by atoms with Gasteiger partial charge in [0.15, 0.2) is 17.2 Å². The zero-order valence-corrected chi connectivity index (χ0v) is 21.6. The van der Waals surface area contributed by atoms with Crippen LogP contribution in [0.3, 0.4) is 0 Å². The second-order valence-electron chi connectivity index (χ2n) is 7.76. The Morgan fingerprint density at radius 3 is 1.82 bits per heavy atom. The minimum absolute atomic E-state index is 0.137. The van der Waals surface area contributed by atoms with Gasteiger partial charge in [-0.15, -0.1) is 0 Å². The van der Waals surface area contributed by atoms with Crippen molar-refractivity contribution in [2.75, 3.05) is 40.9 Å². The fourth-order valence-corrected chi connectivity index (χ4v) is 3.62. The number of carbonyl (C=O) groups excluding carboxylic acids is 1. The molecule has 10 nitrogen and oxygen atoms in total. The summed E-state index contributed by atoms with van der Waals surface area (Å²) in [6, 6.07) is 13.4. The minimum Gasteiger partial charge on any atom is -0.495 e. The lowest BCUT2D eigenvalue weighted by Crippen LogP contribution is -2.09. The van der Waals surface area contributed by atoms with Gasteiger partial charge in [-0.3, -0.25) is 14.9 Å². The van der Waals surface area contributed by atoms with Gasteiger partial charge in [-0.2, -0.15) is 0 Å². The van der Waals surface area contributed by atoms with Crippen LogP contribution < -0.4 is 29.0 Å². The van der Waals surface area contributed by atoms with E-state index in [2.05, 4.69) is 5.32 Å². The summed E-state index contributed by atoms with van der Waals surface area (Å²) >= 11 is 0. The molecule has 0 fully saturated rings. The van der Waals surface area contributed by atoms with E-state index >= 15 is 0 Å². The lowest BCUT2D eigenvalue weighted by Gasteiger charge is -2.13. The standard InChI is InChI=1S/C28H28N2O8/c1-34-23-11-8-18(6-7-20-16-25(36-3)28(38-5)26(17-20)37-4)14-21(23)29-27(31)13-10-19-9-12-24(35-2)22(15-19)30(32)33/h6-17H,1-5H3,(H,29,31)/b7-6?,13-10+. The van der Waals surface area contributed by atoms with Gasteiger partial charge < -0.3 is 29.0 Å². The largest absolute Gasteiger partial charge is 0.495 e. The number of nitrogens with zero attached hydrogens (tertiary/aromatic N) is 1. The van der Waals surface area contributed by atoms with Crippen molar-refractivity contribution in [3.63, 3.8) is 0 Å². The minimum atomic E-state index is -0.543. The van der Waals surface area contributed by atoms with E-state index in [1.807, 2.05) is 30.4 Å². The van der Waals surface area contributed by atoms with Gasteiger partial charge in [0, 0.05) is 12.1 Å². The molecule has 0 spiro atoms. The van der Waals surface area contributed by atoms with Crippen molar-refractivity contribution in [2.24, 2.45) is 0 Å². The molecule has 198 valence electrons. The molecule has 0 atom stereocenters. The number of hydrogen-bond donors (Lipinski definition) is 1. The molecule has 0 saturated carbocycles. The first-order valence-electron chi connectivity index (χ1n) is 11.3. The Labute approximate surface area is 220 Å². The number of nitro groups is 1. The first-order valence-corrected chi connectivity index (χ1v) is 11.3. The van der Waals surface area contributed by atoms with Crippen LogP contribution in [-0.4, -0.2) is 46.4 Å². The molecule has 0 aliphatic rings. The summed E-state index contributed by atoms with van der Waals surface area (Å²) < 4.78 is 26.5. The summed E-state index contributed by atoms with van der Waals surface area (Å²) in [4.78, 5) is 23.3. The van der Waals surface area contributed by atoms with Crippen molar-refractivity contribution in [1.29, 1.82) is 0 Å². The van der Waals surface area contributed by atoms with Crippen molar-refractivity contribution in [1.82, 2.24) is 0 Å². The van der Waals surface area contributed by atoms with Crippen molar-refractivity contribution in [3.8, 4) is 28.7 Å². The fourth-order valence-electron chi connectivity index (χ4n) is 3.62. The van der Waals surface area contributed by atoms with Gasteiger partial charge >= 0.3 is 5.69 Å². The van der Waals surface area contributed by atoms with Gasteiger partial charge in [0.05, 0.1) is 46.2 Å². The highest BCUT2D eigenvalue weighted by Gasteiger charge is 2.15. The normalized spacial score (nSPS) is 10.9. The van der Waals surface area contributed by atoms with Crippen molar-refractivity contribution < 1.29 is 33.4 Å². The zero-order valence-electron chi connectivity index (χ0n) is 21.6. The van der Waals surface area contributed by atoms with Crippen LogP contribution in [0.2, 0.25) is 0 Å². The Morgan fingerprint density at radius 2 is 1.26 bits per heavy atom. The summed E-state index contributed by atoms with van der Waals surface area (Å²) in [6.07, 6.45) is 6.49. The number of methoxy groups -OCH3 is 5. The molecule has 0 aliphatic heterocycles. The number of nitrogens with one attached hydrogen (secondary N) is 1. The quantitative estimate of drug-likeness (QED) is 0.153. The molecule has 0 bridgehead atoms. The van der Waals surface area contributed by atoms with Gasteiger partial charge in [-0.1, -0.05) is 24.3 Å². The lowest BCUT2D eigenvalue weighted by atomic mass is 10.1. The molecule has 0 unspecified atom stereocenters. The third-order valence-corrected chi connectivity index (χ3v) is 5.46. The molecule has 0 radical (unpaired) electrons. The van der Waals surface area contributed by atoms with Crippen LogP contribution in [0.15, 0.2) is 54.6 Å². The summed E-state index contributed by atoms with van der Waals surface area (Å²) in [6.45, 7) is 0. The van der Waals surface area contributed by atoms with E-state index in [0.29, 0.717) is 34.2 Å². The van der Waals surface area contributed by atoms with E-state index in [1.54, 1.807) is 39.5 Å². The lowest BCUT2D eigenvalue weighted by molar-refractivity contribution is -0.385. The molecule has 0 aliphatic carbocycles. The summed E-state index contributed by atoms with van der Waals surface area (Å²) in [5.74, 6) is 1.73. The Kier molecular flexibility index (Phi) is 9.31. The van der Waals surface area contributed by atoms with E-state index in [-0.39, 0.29) is 11.4 Å². The van der Waals surface area contributed by atoms with E-state index in [1.165, 1.54) is 38.5 Å². The Bertz CT molecular complexity index is 1360. The van der Waals surface area contributed by atoms with E-state index in [0.717, 1.165) is 11.1 Å². The monoisotopic (exact) mass is 520 g/mol. The Hall–Kier alpha value is -4.99. The smallest absolute Gasteiger partial charge is 0.311 e. The van der Waals surface area contributed by atoms with Crippen LogP contribution in [-0.2, 0) is 4.79 Å². The number of ether oxygens (including phenoxy) is 5. The maximum absolute atomic E-state index is 12.6. The highest BCUT2D eigenvalue weighted by Crippen LogP contribution is 2.38. The van der Waals surface area contributed by atoms with Gasteiger partial charge in [-0.05, 0) is 53.1 Å². The molecule has 3 aromatic carbocycles. The number of anilines is 1. The highest BCUT2D eigenvalue weighted by molar-refractivity contribution is 6.03. The average molecular weight is 521 g/mol. The van der Waals surface area contributed by atoms with E-state index in [9.17, 15) is 14.9 Å². The van der Waals surface area contributed by atoms with Crippen molar-refractivity contribution in [3.05, 3.63) is 81.4 Å². The van der Waals surface area contributed by atoms with Crippen LogP contribution in [0, 0.1) is 10.1 Å². The number of hydrogen-bond acceptors (Lipinski definition) is 8. The first-order chi connectivity index (χ1) is 18.3. The van der Waals surface area contributed by atoms with Crippen LogP contribution in [0.25, 0.3) is 18.2 Å². The number of rotatable bonds is 11. The van der Waals surface area contributed by atoms with Gasteiger partial charge in [0.2, 0.25) is 11.7 Å². The van der Waals surface area contributed by atoms with Gasteiger partial charge in [0.1, 0.15) is 5.75 Å². The number of amides is 1. The number of benzene rings is 3. The molecule has 38 heavy (non-hydrogen) atoms. The SMILES string of the molecule is COc1ccc(C=Cc2cc(OC)c(OC)c(OC)c2)cc1NC(=O)/C=C/c1ccc(OC)c([N+](=O)[O-])c1. The van der Waals surface area contributed by atoms with Gasteiger partial charge in [-0.25, -0.2) is 0 Å². The second-order valence-corrected chi connectivity index (χ2v) is 7.76. The highest BCUT2D eigenvalue weighted by atomic mass is 16.6.